The lowest BCUT2D eigenvalue weighted by Crippen LogP contribution is -2.30. The Kier molecular flexibility index (Phi) is 4.45. The van der Waals surface area contributed by atoms with Gasteiger partial charge in [0, 0.05) is 5.69 Å². The van der Waals surface area contributed by atoms with Gasteiger partial charge in [-0.1, -0.05) is 18.2 Å². The normalized spacial score (nSPS) is 11.5. The summed E-state index contributed by atoms with van der Waals surface area (Å²) in [4.78, 5) is 25.8. The lowest BCUT2D eigenvalue weighted by atomic mass is 10.3. The van der Waals surface area contributed by atoms with Crippen LogP contribution < -0.4 is 10.1 Å². The van der Waals surface area contributed by atoms with Crippen LogP contribution in [0.4, 0.5) is 11.5 Å². The zero-order valence-corrected chi connectivity index (χ0v) is 11.2. The van der Waals surface area contributed by atoms with E-state index in [0.717, 1.165) is 0 Å². The summed E-state index contributed by atoms with van der Waals surface area (Å²) in [7, 11) is 0. The fourth-order valence-electron chi connectivity index (χ4n) is 1.62. The summed E-state index contributed by atoms with van der Waals surface area (Å²) in [6.07, 6.45) is 0.396. The Morgan fingerprint density at radius 1 is 1.29 bits per heavy atom. The summed E-state index contributed by atoms with van der Waals surface area (Å²) in [5.74, 6) is -0.866. The van der Waals surface area contributed by atoms with Crippen LogP contribution >= 0.6 is 0 Å². The van der Waals surface area contributed by atoms with Crippen LogP contribution in [0, 0.1) is 10.1 Å². The van der Waals surface area contributed by atoms with Gasteiger partial charge >= 0.3 is 5.82 Å². The number of aromatic nitrogens is 1. The number of nitrogens with zero attached hydrogens (tertiary/aromatic N) is 2. The van der Waals surface area contributed by atoms with Gasteiger partial charge in [-0.15, -0.1) is 0 Å². The average molecular weight is 287 g/mol. The molecule has 7 heteroatoms. The minimum absolute atomic E-state index is 0.0433. The van der Waals surface area contributed by atoms with Crippen LogP contribution in [0.3, 0.4) is 0 Å². The Morgan fingerprint density at radius 2 is 2.00 bits per heavy atom. The molecule has 0 saturated carbocycles. The van der Waals surface area contributed by atoms with Gasteiger partial charge in [0.25, 0.3) is 5.91 Å². The molecule has 0 bridgehead atoms. The maximum Gasteiger partial charge on any atom is 0.406 e. The first-order chi connectivity index (χ1) is 10.1. The predicted octanol–water partition coefficient (Wildman–Crippen LogP) is 2.40. The fraction of sp³-hybridized carbons (Fsp3) is 0.143. The summed E-state index contributed by atoms with van der Waals surface area (Å²) >= 11 is 0. The number of ether oxygens (including phenoxy) is 1. The molecule has 0 aliphatic carbocycles. The second-order valence-electron chi connectivity index (χ2n) is 4.20. The van der Waals surface area contributed by atoms with Crippen molar-refractivity contribution >= 4 is 17.4 Å². The SMILES string of the molecule is CC(Oc1cccnc1[N+](=O)[O-])C(=O)Nc1ccccc1. The van der Waals surface area contributed by atoms with Crippen molar-refractivity contribution in [2.45, 2.75) is 13.0 Å². The molecule has 1 heterocycles. The van der Waals surface area contributed by atoms with Gasteiger partial charge in [-0.25, -0.2) is 0 Å². The van der Waals surface area contributed by atoms with Crippen molar-refractivity contribution in [3.63, 3.8) is 0 Å². The van der Waals surface area contributed by atoms with Crippen LogP contribution in [0.15, 0.2) is 48.7 Å². The molecule has 0 spiro atoms. The lowest BCUT2D eigenvalue weighted by Gasteiger charge is -2.14. The number of hydrogen-bond donors (Lipinski definition) is 1. The molecule has 1 N–H and O–H groups in total. The summed E-state index contributed by atoms with van der Waals surface area (Å²) in [5.41, 5.74) is 0.624. The smallest absolute Gasteiger partial charge is 0.406 e. The van der Waals surface area contributed by atoms with Gasteiger partial charge in [0.2, 0.25) is 5.75 Å². The maximum absolute atomic E-state index is 12.0. The number of carbonyl (C=O) groups excluding carboxylic acids is 1. The van der Waals surface area contributed by atoms with E-state index in [0.29, 0.717) is 5.69 Å². The number of anilines is 1. The molecule has 1 unspecified atom stereocenters. The van der Waals surface area contributed by atoms with Crippen LogP contribution in [0.1, 0.15) is 6.92 Å². The van der Waals surface area contributed by atoms with E-state index in [4.69, 9.17) is 4.74 Å². The van der Waals surface area contributed by atoms with Crippen LogP contribution in [0.2, 0.25) is 0 Å². The average Bonchev–Trinajstić information content (AvgIpc) is 2.48. The predicted molar refractivity (Wildman–Crippen MR) is 76.1 cm³/mol. The maximum atomic E-state index is 12.0. The molecular formula is C14H13N3O4. The van der Waals surface area contributed by atoms with Crippen LogP contribution in [0.5, 0.6) is 5.75 Å². The highest BCUT2D eigenvalue weighted by atomic mass is 16.6. The molecule has 21 heavy (non-hydrogen) atoms. The van der Waals surface area contributed by atoms with Gasteiger partial charge < -0.3 is 20.2 Å². The molecule has 0 aliphatic heterocycles. The third kappa shape index (κ3) is 3.75. The van der Waals surface area contributed by atoms with E-state index in [1.54, 1.807) is 24.3 Å². The molecule has 1 aromatic heterocycles. The summed E-state index contributed by atoms with van der Waals surface area (Å²) in [5, 5.41) is 13.5. The van der Waals surface area contributed by atoms with Crippen molar-refractivity contribution in [2.75, 3.05) is 5.32 Å². The first kappa shape index (κ1) is 14.4. The second kappa shape index (κ2) is 6.47. The number of pyridine rings is 1. The Balaban J connectivity index is 2.06. The molecule has 0 saturated heterocycles. The highest BCUT2D eigenvalue weighted by Gasteiger charge is 2.21. The number of hydrogen-bond acceptors (Lipinski definition) is 5. The summed E-state index contributed by atoms with van der Waals surface area (Å²) in [6, 6.07) is 11.8. The standard InChI is InChI=1S/C14H13N3O4/c1-10(14(18)16-11-6-3-2-4-7-11)21-12-8-5-9-15-13(12)17(19)20/h2-10H,1H3,(H,16,18). The first-order valence-electron chi connectivity index (χ1n) is 6.20. The molecule has 0 radical (unpaired) electrons. The molecule has 108 valence electrons. The van der Waals surface area contributed by atoms with E-state index in [-0.39, 0.29) is 5.75 Å². The molecule has 1 aromatic carbocycles. The number of rotatable bonds is 5. The van der Waals surface area contributed by atoms with E-state index in [1.807, 2.05) is 6.07 Å². The van der Waals surface area contributed by atoms with Crippen molar-refractivity contribution in [2.24, 2.45) is 0 Å². The van der Waals surface area contributed by atoms with Crippen molar-refractivity contribution in [3.8, 4) is 5.75 Å². The quantitative estimate of drug-likeness (QED) is 0.673. The zero-order chi connectivity index (χ0) is 15.2. The van der Waals surface area contributed by atoms with Gasteiger partial charge in [-0.2, -0.15) is 0 Å². The molecule has 0 aliphatic rings. The minimum Gasteiger partial charge on any atom is -0.473 e. The lowest BCUT2D eigenvalue weighted by molar-refractivity contribution is -0.390. The van der Waals surface area contributed by atoms with Crippen LogP contribution in [-0.4, -0.2) is 21.9 Å². The molecule has 7 nitrogen and oxygen atoms in total. The molecule has 1 atom stereocenters. The Bertz CT molecular complexity index is 646. The number of carbonyl (C=O) groups is 1. The van der Waals surface area contributed by atoms with Gasteiger partial charge in [0.05, 0.1) is 0 Å². The largest absolute Gasteiger partial charge is 0.473 e. The summed E-state index contributed by atoms with van der Waals surface area (Å²) in [6.45, 7) is 1.51. The number of nitrogens with one attached hydrogen (secondary N) is 1. The van der Waals surface area contributed by atoms with Crippen molar-refractivity contribution in [1.29, 1.82) is 0 Å². The van der Waals surface area contributed by atoms with Crippen LogP contribution in [0.25, 0.3) is 0 Å². The van der Waals surface area contributed by atoms with Gasteiger partial charge in [-0.3, -0.25) is 4.79 Å². The Hall–Kier alpha value is -2.96. The van der Waals surface area contributed by atoms with E-state index < -0.39 is 22.8 Å². The molecular weight excluding hydrogens is 274 g/mol. The fourth-order valence-corrected chi connectivity index (χ4v) is 1.62. The molecule has 2 aromatic rings. The van der Waals surface area contributed by atoms with E-state index in [1.165, 1.54) is 25.3 Å². The Morgan fingerprint density at radius 3 is 2.67 bits per heavy atom. The highest BCUT2D eigenvalue weighted by molar-refractivity contribution is 5.94. The van der Waals surface area contributed by atoms with Gasteiger partial charge in [0.15, 0.2) is 6.10 Å². The third-order valence-electron chi connectivity index (χ3n) is 2.64. The number of amides is 1. The van der Waals surface area contributed by atoms with Gasteiger partial charge in [-0.05, 0) is 41.1 Å². The zero-order valence-electron chi connectivity index (χ0n) is 11.2. The third-order valence-corrected chi connectivity index (χ3v) is 2.64. The van der Waals surface area contributed by atoms with E-state index in [9.17, 15) is 14.9 Å². The van der Waals surface area contributed by atoms with E-state index >= 15 is 0 Å². The van der Waals surface area contributed by atoms with Gasteiger partial charge in [0.1, 0.15) is 6.20 Å². The van der Waals surface area contributed by atoms with Crippen molar-refractivity contribution in [3.05, 3.63) is 58.8 Å². The second-order valence-corrected chi connectivity index (χ2v) is 4.20. The number of benzene rings is 1. The number of para-hydroxylation sites is 1. The van der Waals surface area contributed by atoms with Crippen LogP contribution in [-0.2, 0) is 4.79 Å². The highest BCUT2D eigenvalue weighted by Crippen LogP contribution is 2.24. The van der Waals surface area contributed by atoms with Crippen molar-refractivity contribution in [1.82, 2.24) is 4.98 Å². The van der Waals surface area contributed by atoms with E-state index in [2.05, 4.69) is 10.3 Å². The first-order valence-corrected chi connectivity index (χ1v) is 6.20. The Labute approximate surface area is 120 Å². The minimum atomic E-state index is -0.895. The molecule has 1 amide bonds. The molecule has 2 rings (SSSR count). The summed E-state index contributed by atoms with van der Waals surface area (Å²) < 4.78 is 5.32. The topological polar surface area (TPSA) is 94.4 Å². The monoisotopic (exact) mass is 287 g/mol. The van der Waals surface area contributed by atoms with Crippen molar-refractivity contribution < 1.29 is 14.5 Å². The number of nitro groups is 1. The molecule has 0 fully saturated rings.